The number of amides is 1. The minimum atomic E-state index is 0.0203. The van der Waals surface area contributed by atoms with Crippen molar-refractivity contribution >= 4 is 22.3 Å². The molecule has 0 spiro atoms. The van der Waals surface area contributed by atoms with Gasteiger partial charge in [0.05, 0.1) is 12.6 Å². The average molecular weight is 343 g/mol. The van der Waals surface area contributed by atoms with Crippen molar-refractivity contribution < 1.29 is 9.90 Å². The molecule has 20 heavy (non-hydrogen) atoms. The van der Waals surface area contributed by atoms with Gasteiger partial charge in [0.15, 0.2) is 0 Å². The van der Waals surface area contributed by atoms with Crippen molar-refractivity contribution in [3.05, 3.63) is 34.3 Å². The smallest absolute Gasteiger partial charge is 0.209 e. The largest absolute Gasteiger partial charge is 0.394 e. The van der Waals surface area contributed by atoms with Crippen molar-refractivity contribution in [2.75, 3.05) is 32.8 Å². The van der Waals surface area contributed by atoms with Crippen molar-refractivity contribution in [1.29, 1.82) is 0 Å². The molecule has 0 aliphatic carbocycles. The van der Waals surface area contributed by atoms with Crippen LogP contribution >= 0.6 is 15.9 Å². The van der Waals surface area contributed by atoms with Crippen molar-refractivity contribution in [3.63, 3.8) is 0 Å². The van der Waals surface area contributed by atoms with Crippen LogP contribution in [0, 0.1) is 0 Å². The molecule has 1 unspecified atom stereocenters. The Kier molecular flexibility index (Phi) is 7.80. The van der Waals surface area contributed by atoms with E-state index in [1.165, 1.54) is 0 Å². The fourth-order valence-corrected chi connectivity index (χ4v) is 2.54. The van der Waals surface area contributed by atoms with Crippen LogP contribution in [0.5, 0.6) is 0 Å². The van der Waals surface area contributed by atoms with E-state index < -0.39 is 0 Å². The second-order valence-electron chi connectivity index (χ2n) is 4.43. The molecule has 1 aromatic rings. The van der Waals surface area contributed by atoms with Crippen molar-refractivity contribution in [3.8, 4) is 0 Å². The summed E-state index contributed by atoms with van der Waals surface area (Å²) in [5.41, 5.74) is 1.11. The molecule has 1 aliphatic rings. The predicted octanol–water partition coefficient (Wildman–Crippen LogP) is 2.28. The Morgan fingerprint density at radius 1 is 1.20 bits per heavy atom. The van der Waals surface area contributed by atoms with E-state index in [9.17, 15) is 9.90 Å². The SMILES string of the molecule is CC.O=CN1CCN(C(CO)c2ccc(Br)cc2)CC1. The first-order valence-electron chi connectivity index (χ1n) is 7.04. The van der Waals surface area contributed by atoms with Gasteiger partial charge in [0, 0.05) is 30.7 Å². The number of halogens is 1. The number of carbonyl (C=O) groups is 1. The molecule has 1 amide bonds. The molecule has 1 aromatic carbocycles. The van der Waals surface area contributed by atoms with E-state index in [1.54, 1.807) is 4.90 Å². The van der Waals surface area contributed by atoms with Gasteiger partial charge in [-0.3, -0.25) is 9.69 Å². The second kappa shape index (κ2) is 9.10. The van der Waals surface area contributed by atoms with Gasteiger partial charge >= 0.3 is 0 Å². The molecule has 1 heterocycles. The van der Waals surface area contributed by atoms with Gasteiger partial charge in [-0.15, -0.1) is 0 Å². The summed E-state index contributed by atoms with van der Waals surface area (Å²) < 4.78 is 1.04. The molecule has 5 heteroatoms. The fraction of sp³-hybridized carbons (Fsp3) is 0.533. The topological polar surface area (TPSA) is 43.8 Å². The van der Waals surface area contributed by atoms with Crippen molar-refractivity contribution in [2.24, 2.45) is 0 Å². The molecular formula is C15H23BrN2O2. The standard InChI is InChI=1S/C13H17BrN2O2.C2H6/c14-12-3-1-11(2-4-12)13(9-17)16-7-5-15(10-18)6-8-16;1-2/h1-4,10,13,17H,5-9H2;1-2H3. The summed E-state index contributed by atoms with van der Waals surface area (Å²) in [5, 5.41) is 9.59. The number of carbonyl (C=O) groups excluding carboxylic acids is 1. The van der Waals surface area contributed by atoms with Crippen LogP contribution in [0.2, 0.25) is 0 Å². The van der Waals surface area contributed by atoms with Crippen LogP contribution in [-0.4, -0.2) is 54.1 Å². The maximum Gasteiger partial charge on any atom is 0.209 e. The summed E-state index contributed by atoms with van der Waals surface area (Å²) in [6.45, 7) is 7.18. The van der Waals surface area contributed by atoms with Crippen LogP contribution in [-0.2, 0) is 4.79 Å². The van der Waals surface area contributed by atoms with Gasteiger partial charge in [-0.1, -0.05) is 41.9 Å². The van der Waals surface area contributed by atoms with Crippen LogP contribution in [0.3, 0.4) is 0 Å². The van der Waals surface area contributed by atoms with E-state index in [1.807, 2.05) is 38.1 Å². The minimum absolute atomic E-state index is 0.0203. The van der Waals surface area contributed by atoms with Gasteiger partial charge in [-0.2, -0.15) is 0 Å². The van der Waals surface area contributed by atoms with E-state index >= 15 is 0 Å². The van der Waals surface area contributed by atoms with Crippen LogP contribution < -0.4 is 0 Å². The molecule has 4 nitrogen and oxygen atoms in total. The van der Waals surface area contributed by atoms with Crippen LogP contribution in [0.25, 0.3) is 0 Å². The molecule has 1 N–H and O–H groups in total. The number of benzene rings is 1. The third-order valence-corrected chi connectivity index (χ3v) is 3.90. The summed E-state index contributed by atoms with van der Waals surface area (Å²) in [6, 6.07) is 8.04. The summed E-state index contributed by atoms with van der Waals surface area (Å²) in [5.74, 6) is 0. The lowest BCUT2D eigenvalue weighted by atomic mass is 10.1. The highest BCUT2D eigenvalue weighted by Crippen LogP contribution is 2.23. The maximum atomic E-state index is 10.7. The molecule has 0 bridgehead atoms. The first-order chi connectivity index (χ1) is 9.74. The first kappa shape index (κ1) is 17.1. The van der Waals surface area contributed by atoms with E-state index in [2.05, 4.69) is 20.8 Å². The average Bonchev–Trinajstić information content (AvgIpc) is 2.52. The second-order valence-corrected chi connectivity index (χ2v) is 5.34. The summed E-state index contributed by atoms with van der Waals surface area (Å²) in [6.07, 6.45) is 0.894. The highest BCUT2D eigenvalue weighted by molar-refractivity contribution is 9.10. The molecular weight excluding hydrogens is 320 g/mol. The van der Waals surface area contributed by atoms with Crippen molar-refractivity contribution in [1.82, 2.24) is 9.80 Å². The molecule has 1 aliphatic heterocycles. The van der Waals surface area contributed by atoms with E-state index in [4.69, 9.17) is 0 Å². The van der Waals surface area contributed by atoms with Crippen LogP contribution in [0.4, 0.5) is 0 Å². The lowest BCUT2D eigenvalue weighted by molar-refractivity contribution is -0.120. The lowest BCUT2D eigenvalue weighted by Gasteiger charge is -2.37. The van der Waals surface area contributed by atoms with Gasteiger partial charge in [0.25, 0.3) is 0 Å². The highest BCUT2D eigenvalue weighted by atomic mass is 79.9. The zero-order valence-electron chi connectivity index (χ0n) is 12.1. The highest BCUT2D eigenvalue weighted by Gasteiger charge is 2.23. The van der Waals surface area contributed by atoms with E-state index in [-0.39, 0.29) is 12.6 Å². The lowest BCUT2D eigenvalue weighted by Crippen LogP contribution is -2.47. The zero-order valence-corrected chi connectivity index (χ0v) is 13.7. The quantitative estimate of drug-likeness (QED) is 0.853. The maximum absolute atomic E-state index is 10.7. The molecule has 2 rings (SSSR count). The number of piperazine rings is 1. The molecule has 1 atom stereocenters. The Morgan fingerprint density at radius 2 is 1.75 bits per heavy atom. The number of rotatable bonds is 4. The normalized spacial score (nSPS) is 17.1. The fourth-order valence-electron chi connectivity index (χ4n) is 2.27. The monoisotopic (exact) mass is 342 g/mol. The first-order valence-corrected chi connectivity index (χ1v) is 7.83. The molecule has 0 radical (unpaired) electrons. The Hall–Kier alpha value is -0.910. The molecule has 1 saturated heterocycles. The molecule has 0 saturated carbocycles. The van der Waals surface area contributed by atoms with Gasteiger partial charge in [-0.25, -0.2) is 0 Å². The number of hydrogen-bond donors (Lipinski definition) is 1. The Labute approximate surface area is 129 Å². The summed E-state index contributed by atoms with van der Waals surface area (Å²) in [7, 11) is 0. The van der Waals surface area contributed by atoms with Gasteiger partial charge in [-0.05, 0) is 17.7 Å². The predicted molar refractivity (Wildman–Crippen MR) is 84.5 cm³/mol. The number of hydrogen-bond acceptors (Lipinski definition) is 3. The van der Waals surface area contributed by atoms with Gasteiger partial charge in [0.1, 0.15) is 0 Å². The van der Waals surface area contributed by atoms with E-state index in [0.29, 0.717) is 0 Å². The minimum Gasteiger partial charge on any atom is -0.394 e. The van der Waals surface area contributed by atoms with Gasteiger partial charge in [0.2, 0.25) is 6.41 Å². The number of nitrogens with zero attached hydrogens (tertiary/aromatic N) is 2. The zero-order chi connectivity index (χ0) is 15.0. The van der Waals surface area contributed by atoms with Crippen LogP contribution in [0.15, 0.2) is 28.7 Å². The summed E-state index contributed by atoms with van der Waals surface area (Å²) >= 11 is 3.41. The Bertz CT molecular complexity index is 389. The summed E-state index contributed by atoms with van der Waals surface area (Å²) in [4.78, 5) is 14.7. The third-order valence-electron chi connectivity index (χ3n) is 3.37. The third kappa shape index (κ3) is 4.58. The molecule has 0 aromatic heterocycles. The van der Waals surface area contributed by atoms with Crippen molar-refractivity contribution in [2.45, 2.75) is 19.9 Å². The van der Waals surface area contributed by atoms with E-state index in [0.717, 1.165) is 42.6 Å². The Morgan fingerprint density at radius 3 is 2.20 bits per heavy atom. The Balaban J connectivity index is 0.000000956. The number of aliphatic hydroxyl groups is 1. The molecule has 112 valence electrons. The van der Waals surface area contributed by atoms with Gasteiger partial charge < -0.3 is 10.0 Å². The van der Waals surface area contributed by atoms with Crippen LogP contribution in [0.1, 0.15) is 25.5 Å². The number of aliphatic hydroxyl groups excluding tert-OH is 1. The molecule has 1 fully saturated rings.